The number of rotatable bonds is 6. The molecule has 0 amide bonds. The molecule has 0 aliphatic carbocycles. The number of fused-ring (bicyclic) bond motifs is 1. The predicted molar refractivity (Wildman–Crippen MR) is 120 cm³/mol. The highest BCUT2D eigenvalue weighted by atomic mass is 19.4. The van der Waals surface area contributed by atoms with Crippen molar-refractivity contribution >= 4 is 10.9 Å². The highest BCUT2D eigenvalue weighted by molar-refractivity contribution is 5.86. The smallest absolute Gasteiger partial charge is 0.417 e. The molecule has 0 spiro atoms. The first kappa shape index (κ1) is 21.8. The Morgan fingerprint density at radius 3 is 2.38 bits per heavy atom. The van der Waals surface area contributed by atoms with Crippen LogP contribution in [0.25, 0.3) is 22.2 Å². The molecule has 164 valence electrons. The van der Waals surface area contributed by atoms with Crippen LogP contribution in [0.15, 0.2) is 72.8 Å². The van der Waals surface area contributed by atoms with Crippen LogP contribution in [0.1, 0.15) is 22.3 Å². The summed E-state index contributed by atoms with van der Waals surface area (Å²) in [5.41, 5.74) is 3.15. The Bertz CT molecular complexity index is 1230. The van der Waals surface area contributed by atoms with Crippen LogP contribution in [-0.2, 0) is 19.3 Å². The molecule has 3 nitrogen and oxygen atoms in total. The van der Waals surface area contributed by atoms with Gasteiger partial charge in [0.25, 0.3) is 0 Å². The summed E-state index contributed by atoms with van der Waals surface area (Å²) >= 11 is 0. The monoisotopic (exact) mass is 436 g/mol. The van der Waals surface area contributed by atoms with E-state index in [2.05, 4.69) is 5.32 Å². The molecular weight excluding hydrogens is 413 g/mol. The Balaban J connectivity index is 1.73. The molecule has 0 saturated heterocycles. The van der Waals surface area contributed by atoms with Gasteiger partial charge in [0, 0.05) is 24.0 Å². The predicted octanol–water partition coefficient (Wildman–Crippen LogP) is 6.53. The standard InChI is InChI=1S/C26H23F3N2O/c1-17-6-5-7-19-14-20(16-30-15-18-10-12-21(32-2)13-11-18)25(31-24(17)19)22-8-3-4-9-23(22)26(27,28)29/h3-14,30H,15-16H2,1-2H3. The minimum atomic E-state index is -4.47. The van der Waals surface area contributed by atoms with Gasteiger partial charge >= 0.3 is 6.18 Å². The zero-order valence-electron chi connectivity index (χ0n) is 17.8. The molecular formula is C26H23F3N2O. The third kappa shape index (κ3) is 4.60. The van der Waals surface area contributed by atoms with E-state index >= 15 is 0 Å². The SMILES string of the molecule is COc1ccc(CNCc2cc3cccc(C)c3nc2-c2ccccc2C(F)(F)F)cc1. The summed E-state index contributed by atoms with van der Waals surface area (Å²) in [5.74, 6) is 0.772. The molecule has 0 bridgehead atoms. The van der Waals surface area contributed by atoms with Crippen molar-refractivity contribution in [2.45, 2.75) is 26.2 Å². The first-order valence-corrected chi connectivity index (χ1v) is 10.3. The number of alkyl halides is 3. The lowest BCUT2D eigenvalue weighted by Crippen LogP contribution is -2.15. The lowest BCUT2D eigenvalue weighted by molar-refractivity contribution is -0.137. The van der Waals surface area contributed by atoms with Gasteiger partial charge in [-0.2, -0.15) is 13.2 Å². The first-order chi connectivity index (χ1) is 15.4. The summed E-state index contributed by atoms with van der Waals surface area (Å²) in [5, 5.41) is 4.24. The topological polar surface area (TPSA) is 34.1 Å². The molecule has 3 aromatic carbocycles. The van der Waals surface area contributed by atoms with Crippen LogP contribution in [0, 0.1) is 6.92 Å². The van der Waals surface area contributed by atoms with Crippen molar-refractivity contribution < 1.29 is 17.9 Å². The summed E-state index contributed by atoms with van der Waals surface area (Å²) < 4.78 is 46.4. The number of ether oxygens (including phenoxy) is 1. The first-order valence-electron chi connectivity index (χ1n) is 10.3. The van der Waals surface area contributed by atoms with Crippen LogP contribution in [-0.4, -0.2) is 12.1 Å². The van der Waals surface area contributed by atoms with Gasteiger partial charge in [-0.25, -0.2) is 4.98 Å². The number of methoxy groups -OCH3 is 1. The lowest BCUT2D eigenvalue weighted by atomic mass is 9.97. The zero-order valence-corrected chi connectivity index (χ0v) is 17.8. The molecule has 32 heavy (non-hydrogen) atoms. The van der Waals surface area contributed by atoms with Gasteiger partial charge < -0.3 is 10.1 Å². The van der Waals surface area contributed by atoms with E-state index in [1.807, 2.05) is 55.5 Å². The fourth-order valence-electron chi connectivity index (χ4n) is 3.78. The van der Waals surface area contributed by atoms with E-state index in [0.29, 0.717) is 29.9 Å². The van der Waals surface area contributed by atoms with Crippen molar-refractivity contribution in [2.75, 3.05) is 7.11 Å². The van der Waals surface area contributed by atoms with Gasteiger partial charge in [0.15, 0.2) is 0 Å². The number of nitrogens with zero attached hydrogens (tertiary/aromatic N) is 1. The Kier molecular flexibility index (Phi) is 6.15. The molecule has 0 fully saturated rings. The molecule has 0 aliphatic rings. The molecule has 1 heterocycles. The largest absolute Gasteiger partial charge is 0.497 e. The van der Waals surface area contributed by atoms with Crippen molar-refractivity contribution in [1.82, 2.24) is 10.3 Å². The van der Waals surface area contributed by atoms with Gasteiger partial charge in [-0.1, -0.05) is 48.5 Å². The van der Waals surface area contributed by atoms with Gasteiger partial charge in [0.05, 0.1) is 23.9 Å². The number of halogens is 3. The molecule has 0 atom stereocenters. The molecule has 0 radical (unpaired) electrons. The van der Waals surface area contributed by atoms with Crippen LogP contribution in [0.4, 0.5) is 13.2 Å². The van der Waals surface area contributed by atoms with Crippen molar-refractivity contribution in [1.29, 1.82) is 0 Å². The maximum absolute atomic E-state index is 13.7. The average molecular weight is 436 g/mol. The summed E-state index contributed by atoms with van der Waals surface area (Å²) in [6.07, 6.45) is -4.47. The third-order valence-electron chi connectivity index (χ3n) is 5.42. The highest BCUT2D eigenvalue weighted by Gasteiger charge is 2.34. The number of pyridine rings is 1. The van der Waals surface area contributed by atoms with Crippen LogP contribution < -0.4 is 10.1 Å². The van der Waals surface area contributed by atoms with Crippen molar-refractivity contribution in [3.63, 3.8) is 0 Å². The van der Waals surface area contributed by atoms with Crippen LogP contribution >= 0.6 is 0 Å². The van der Waals surface area contributed by atoms with Crippen molar-refractivity contribution in [3.05, 3.63) is 95.1 Å². The number of hydrogen-bond donors (Lipinski definition) is 1. The highest BCUT2D eigenvalue weighted by Crippen LogP contribution is 2.38. The lowest BCUT2D eigenvalue weighted by Gasteiger charge is -2.17. The minimum absolute atomic E-state index is 0.0893. The van der Waals surface area contributed by atoms with Crippen LogP contribution in [0.3, 0.4) is 0 Å². The fraction of sp³-hybridized carbons (Fsp3) is 0.192. The number of aromatic nitrogens is 1. The molecule has 1 aromatic heterocycles. The molecule has 0 unspecified atom stereocenters. The summed E-state index contributed by atoms with van der Waals surface area (Å²) in [6.45, 7) is 2.86. The van der Waals surface area contributed by atoms with E-state index in [1.165, 1.54) is 12.1 Å². The summed E-state index contributed by atoms with van der Waals surface area (Å²) in [7, 11) is 1.61. The second kappa shape index (κ2) is 9.01. The Morgan fingerprint density at radius 1 is 0.906 bits per heavy atom. The Morgan fingerprint density at radius 2 is 1.66 bits per heavy atom. The molecule has 6 heteroatoms. The molecule has 0 aliphatic heterocycles. The van der Waals surface area contributed by atoms with E-state index < -0.39 is 11.7 Å². The molecule has 1 N–H and O–H groups in total. The maximum atomic E-state index is 13.7. The molecule has 0 saturated carbocycles. The third-order valence-corrected chi connectivity index (χ3v) is 5.42. The second-order valence-electron chi connectivity index (χ2n) is 7.64. The zero-order chi connectivity index (χ0) is 22.7. The van der Waals surface area contributed by atoms with Gasteiger partial charge in [-0.3, -0.25) is 0 Å². The van der Waals surface area contributed by atoms with Crippen LogP contribution in [0.5, 0.6) is 5.75 Å². The second-order valence-corrected chi connectivity index (χ2v) is 7.64. The number of nitrogens with one attached hydrogen (secondary N) is 1. The van der Waals surface area contributed by atoms with Crippen LogP contribution in [0.2, 0.25) is 0 Å². The van der Waals surface area contributed by atoms with E-state index in [-0.39, 0.29) is 5.56 Å². The fourth-order valence-corrected chi connectivity index (χ4v) is 3.78. The van der Waals surface area contributed by atoms with E-state index in [4.69, 9.17) is 9.72 Å². The van der Waals surface area contributed by atoms with Crippen molar-refractivity contribution in [2.24, 2.45) is 0 Å². The summed E-state index contributed by atoms with van der Waals surface area (Å²) in [4.78, 5) is 4.71. The number of hydrogen-bond acceptors (Lipinski definition) is 3. The van der Waals surface area contributed by atoms with E-state index in [1.54, 1.807) is 13.2 Å². The van der Waals surface area contributed by atoms with E-state index in [0.717, 1.165) is 28.3 Å². The quantitative estimate of drug-likeness (QED) is 0.373. The number of para-hydroxylation sites is 1. The average Bonchev–Trinajstić information content (AvgIpc) is 2.79. The van der Waals surface area contributed by atoms with Gasteiger partial charge in [0.1, 0.15) is 5.75 Å². The Hall–Kier alpha value is -3.38. The van der Waals surface area contributed by atoms with Gasteiger partial charge in [-0.15, -0.1) is 0 Å². The van der Waals surface area contributed by atoms with Crippen molar-refractivity contribution in [3.8, 4) is 17.0 Å². The number of aryl methyl sites for hydroxylation is 1. The number of benzene rings is 3. The van der Waals surface area contributed by atoms with Gasteiger partial charge in [-0.05, 0) is 47.9 Å². The van der Waals surface area contributed by atoms with Gasteiger partial charge in [0.2, 0.25) is 0 Å². The van der Waals surface area contributed by atoms with E-state index in [9.17, 15) is 13.2 Å². The minimum Gasteiger partial charge on any atom is -0.497 e. The normalized spacial score (nSPS) is 11.7. The molecule has 4 rings (SSSR count). The maximum Gasteiger partial charge on any atom is 0.417 e. The molecule has 4 aromatic rings. The summed E-state index contributed by atoms with van der Waals surface area (Å²) in [6, 6.07) is 21.0. The Labute approximate surface area is 184 Å².